The average molecular weight is 292 g/mol. The topological polar surface area (TPSA) is 33.1 Å². The maximum Gasteiger partial charge on any atom is 0.0909 e. The van der Waals surface area contributed by atoms with Crippen molar-refractivity contribution < 1.29 is 5.11 Å². The van der Waals surface area contributed by atoms with E-state index in [0.717, 1.165) is 15.6 Å². The molecule has 1 aromatic carbocycles. The lowest BCUT2D eigenvalue weighted by molar-refractivity contribution is 0.0575. The number of aliphatic hydroxyl groups is 1. The molecule has 0 fully saturated rings. The fourth-order valence-corrected chi connectivity index (χ4v) is 2.08. The van der Waals surface area contributed by atoms with Crippen molar-refractivity contribution in [1.29, 1.82) is 0 Å². The van der Waals surface area contributed by atoms with Gasteiger partial charge in [-0.2, -0.15) is 0 Å². The third-order valence-corrected chi connectivity index (χ3v) is 3.27. The predicted molar refractivity (Wildman–Crippen MR) is 71.7 cm³/mol. The molecule has 0 aliphatic carbocycles. The summed E-state index contributed by atoms with van der Waals surface area (Å²) in [4.78, 5) is 4.06. The zero-order chi connectivity index (χ0) is 12.3. The van der Waals surface area contributed by atoms with Crippen LogP contribution in [-0.2, 0) is 12.0 Å². The van der Waals surface area contributed by atoms with Gasteiger partial charge < -0.3 is 5.11 Å². The first kappa shape index (κ1) is 12.3. The van der Waals surface area contributed by atoms with Gasteiger partial charge in [0.2, 0.25) is 0 Å². The van der Waals surface area contributed by atoms with Crippen molar-refractivity contribution in [3.8, 4) is 0 Å². The Hall–Kier alpha value is -1.19. The van der Waals surface area contributed by atoms with Crippen LogP contribution in [0.4, 0.5) is 0 Å². The summed E-state index contributed by atoms with van der Waals surface area (Å²) >= 11 is 3.39. The zero-order valence-corrected chi connectivity index (χ0v) is 11.2. The summed E-state index contributed by atoms with van der Waals surface area (Å²) in [6.07, 6.45) is 4.08. The predicted octanol–water partition coefficient (Wildman–Crippen LogP) is 3.29. The molecule has 1 heterocycles. The Morgan fingerprint density at radius 3 is 2.53 bits per heavy atom. The lowest BCUT2D eigenvalue weighted by atomic mass is 9.90. The van der Waals surface area contributed by atoms with Crippen LogP contribution < -0.4 is 0 Å². The van der Waals surface area contributed by atoms with E-state index in [-0.39, 0.29) is 0 Å². The number of hydrogen-bond acceptors (Lipinski definition) is 2. The Labute approximate surface area is 109 Å². The number of hydrogen-bond donors (Lipinski definition) is 1. The zero-order valence-electron chi connectivity index (χ0n) is 9.60. The van der Waals surface area contributed by atoms with E-state index in [4.69, 9.17) is 0 Å². The molecule has 0 spiro atoms. The molecule has 0 radical (unpaired) electrons. The second-order valence-corrected chi connectivity index (χ2v) is 5.23. The Balaban J connectivity index is 2.21. The summed E-state index contributed by atoms with van der Waals surface area (Å²) in [5, 5.41) is 10.5. The highest BCUT2D eigenvalue weighted by Gasteiger charge is 2.23. The number of nitrogens with zero attached hydrogens (tertiary/aromatic N) is 1. The third kappa shape index (κ3) is 3.14. The highest BCUT2D eigenvalue weighted by molar-refractivity contribution is 9.10. The molecule has 1 aromatic heterocycles. The van der Waals surface area contributed by atoms with Crippen LogP contribution in [0.3, 0.4) is 0 Å². The average Bonchev–Trinajstić information content (AvgIpc) is 2.30. The van der Waals surface area contributed by atoms with Gasteiger partial charge in [0.05, 0.1) is 5.60 Å². The highest BCUT2D eigenvalue weighted by Crippen LogP contribution is 2.26. The molecule has 2 rings (SSSR count). The van der Waals surface area contributed by atoms with Gasteiger partial charge in [-0.25, -0.2) is 0 Å². The molecule has 0 amide bonds. The van der Waals surface area contributed by atoms with Gasteiger partial charge in [0.1, 0.15) is 0 Å². The van der Waals surface area contributed by atoms with E-state index in [1.165, 1.54) is 0 Å². The minimum absolute atomic E-state index is 0.558. The Kier molecular flexibility index (Phi) is 3.60. The van der Waals surface area contributed by atoms with Gasteiger partial charge in [-0.05, 0) is 36.2 Å². The lowest BCUT2D eigenvalue weighted by Gasteiger charge is -2.24. The van der Waals surface area contributed by atoms with E-state index in [9.17, 15) is 5.11 Å². The molecule has 1 unspecified atom stereocenters. The number of rotatable bonds is 3. The van der Waals surface area contributed by atoms with E-state index in [1.807, 2.05) is 43.3 Å². The molecule has 1 atom stereocenters. The summed E-state index contributed by atoms with van der Waals surface area (Å²) in [6, 6.07) is 11.6. The highest BCUT2D eigenvalue weighted by atomic mass is 79.9. The van der Waals surface area contributed by atoms with Crippen LogP contribution in [0.15, 0.2) is 53.3 Å². The molecule has 3 heteroatoms. The lowest BCUT2D eigenvalue weighted by Crippen LogP contribution is -2.24. The van der Waals surface area contributed by atoms with Crippen LogP contribution in [0.2, 0.25) is 0 Å². The van der Waals surface area contributed by atoms with Crippen LogP contribution in [-0.4, -0.2) is 10.1 Å². The van der Waals surface area contributed by atoms with Gasteiger partial charge in [-0.15, -0.1) is 0 Å². The fraction of sp³-hybridized carbons (Fsp3) is 0.214. The molecule has 0 saturated heterocycles. The van der Waals surface area contributed by atoms with Gasteiger partial charge in [-0.3, -0.25) is 4.98 Å². The molecule has 0 aliphatic heterocycles. The molecule has 0 bridgehead atoms. The number of aromatic nitrogens is 1. The summed E-state index contributed by atoms with van der Waals surface area (Å²) in [5.41, 5.74) is 1.06. The van der Waals surface area contributed by atoms with Crippen LogP contribution in [0.5, 0.6) is 0 Å². The van der Waals surface area contributed by atoms with Gasteiger partial charge in [0, 0.05) is 23.3 Å². The smallest absolute Gasteiger partial charge is 0.0909 e. The first-order chi connectivity index (χ1) is 8.08. The molecule has 88 valence electrons. The van der Waals surface area contributed by atoms with Crippen LogP contribution >= 0.6 is 15.9 Å². The monoisotopic (exact) mass is 291 g/mol. The summed E-state index contributed by atoms with van der Waals surface area (Å²) in [5.74, 6) is 0. The van der Waals surface area contributed by atoms with Crippen molar-refractivity contribution in [2.45, 2.75) is 18.9 Å². The molecule has 2 aromatic rings. The van der Waals surface area contributed by atoms with E-state index >= 15 is 0 Å². The summed E-state index contributed by atoms with van der Waals surface area (Å²) < 4.78 is 1.01. The van der Waals surface area contributed by atoms with E-state index in [2.05, 4.69) is 20.9 Å². The summed E-state index contributed by atoms with van der Waals surface area (Å²) in [6.45, 7) is 1.82. The second-order valence-electron chi connectivity index (χ2n) is 4.32. The minimum atomic E-state index is -0.871. The SMILES string of the molecule is CC(O)(Cc1cccnc1)c1ccc(Br)cc1. The molecule has 1 N–H and O–H groups in total. The maximum atomic E-state index is 10.5. The third-order valence-electron chi connectivity index (χ3n) is 2.74. The second kappa shape index (κ2) is 4.98. The van der Waals surface area contributed by atoms with E-state index in [0.29, 0.717) is 6.42 Å². The van der Waals surface area contributed by atoms with Gasteiger partial charge >= 0.3 is 0 Å². The van der Waals surface area contributed by atoms with Gasteiger partial charge in [0.15, 0.2) is 0 Å². The fourth-order valence-electron chi connectivity index (χ4n) is 1.81. The van der Waals surface area contributed by atoms with Crippen LogP contribution in [0.1, 0.15) is 18.1 Å². The largest absolute Gasteiger partial charge is 0.385 e. The van der Waals surface area contributed by atoms with Crippen molar-refractivity contribution in [2.75, 3.05) is 0 Å². The standard InChI is InChI=1S/C14H14BrNO/c1-14(17,9-11-3-2-8-16-10-11)12-4-6-13(15)7-5-12/h2-8,10,17H,9H2,1H3. The summed E-state index contributed by atoms with van der Waals surface area (Å²) in [7, 11) is 0. The van der Waals surface area contributed by atoms with Gasteiger partial charge in [0.25, 0.3) is 0 Å². The van der Waals surface area contributed by atoms with Crippen molar-refractivity contribution in [2.24, 2.45) is 0 Å². The van der Waals surface area contributed by atoms with Crippen LogP contribution in [0.25, 0.3) is 0 Å². The Morgan fingerprint density at radius 2 is 1.94 bits per heavy atom. The maximum absolute atomic E-state index is 10.5. The van der Waals surface area contributed by atoms with Gasteiger partial charge in [-0.1, -0.05) is 34.1 Å². The molecule has 17 heavy (non-hydrogen) atoms. The molecule has 0 saturated carbocycles. The molecular formula is C14H14BrNO. The normalized spacial score (nSPS) is 14.3. The molecular weight excluding hydrogens is 278 g/mol. The number of pyridine rings is 1. The number of halogens is 1. The van der Waals surface area contributed by atoms with E-state index in [1.54, 1.807) is 12.4 Å². The van der Waals surface area contributed by atoms with E-state index < -0.39 is 5.60 Å². The molecule has 2 nitrogen and oxygen atoms in total. The van der Waals surface area contributed by atoms with Crippen molar-refractivity contribution in [3.63, 3.8) is 0 Å². The van der Waals surface area contributed by atoms with Crippen LogP contribution in [0, 0.1) is 0 Å². The minimum Gasteiger partial charge on any atom is -0.385 e. The van der Waals surface area contributed by atoms with Crippen molar-refractivity contribution in [3.05, 3.63) is 64.4 Å². The first-order valence-electron chi connectivity index (χ1n) is 5.45. The Morgan fingerprint density at radius 1 is 1.24 bits per heavy atom. The van der Waals surface area contributed by atoms with Crippen molar-refractivity contribution >= 4 is 15.9 Å². The van der Waals surface area contributed by atoms with Crippen molar-refractivity contribution in [1.82, 2.24) is 4.98 Å². The first-order valence-corrected chi connectivity index (χ1v) is 6.24. The molecule has 0 aliphatic rings. The Bertz CT molecular complexity index is 479. The quantitative estimate of drug-likeness (QED) is 0.941. The number of benzene rings is 1.